The van der Waals surface area contributed by atoms with E-state index < -0.39 is 4.92 Å². The Morgan fingerprint density at radius 1 is 1.16 bits per heavy atom. The number of nitro groups is 1. The molecule has 1 heterocycles. The molecule has 0 radical (unpaired) electrons. The fourth-order valence-corrected chi connectivity index (χ4v) is 2.68. The summed E-state index contributed by atoms with van der Waals surface area (Å²) >= 11 is 0. The lowest BCUT2D eigenvalue weighted by molar-refractivity contribution is -0.385. The van der Waals surface area contributed by atoms with Gasteiger partial charge in [-0.2, -0.15) is 0 Å². The quantitative estimate of drug-likeness (QED) is 0.582. The Hall–Kier alpha value is -3.22. The van der Waals surface area contributed by atoms with E-state index in [1.54, 1.807) is 30.0 Å². The highest BCUT2D eigenvalue weighted by atomic mass is 16.6. The van der Waals surface area contributed by atoms with Crippen LogP contribution in [0.1, 0.15) is 16.7 Å². The van der Waals surface area contributed by atoms with Gasteiger partial charge in [0.05, 0.1) is 22.3 Å². The van der Waals surface area contributed by atoms with Crippen LogP contribution in [0.15, 0.2) is 36.7 Å². The molecule has 0 saturated carbocycles. The van der Waals surface area contributed by atoms with E-state index in [1.165, 1.54) is 6.07 Å². The molecule has 3 aromatic rings. The maximum absolute atomic E-state index is 12.3. The monoisotopic (exact) mass is 338 g/mol. The van der Waals surface area contributed by atoms with Crippen LogP contribution < -0.4 is 5.32 Å². The highest BCUT2D eigenvalue weighted by molar-refractivity contribution is 5.92. The molecule has 0 aliphatic heterocycles. The van der Waals surface area contributed by atoms with Crippen LogP contribution in [0.4, 0.5) is 11.4 Å². The van der Waals surface area contributed by atoms with Crippen molar-refractivity contribution in [2.45, 2.75) is 27.3 Å². The van der Waals surface area contributed by atoms with E-state index in [0.29, 0.717) is 11.3 Å². The van der Waals surface area contributed by atoms with Crippen molar-refractivity contribution in [1.29, 1.82) is 0 Å². The number of aromatic nitrogens is 2. The predicted molar refractivity (Wildman–Crippen MR) is 95.7 cm³/mol. The summed E-state index contributed by atoms with van der Waals surface area (Å²) in [4.78, 5) is 27.2. The van der Waals surface area contributed by atoms with Crippen LogP contribution in [0.2, 0.25) is 0 Å². The number of rotatable bonds is 4. The molecule has 0 aliphatic carbocycles. The van der Waals surface area contributed by atoms with Gasteiger partial charge >= 0.3 is 0 Å². The molecular weight excluding hydrogens is 320 g/mol. The lowest BCUT2D eigenvalue weighted by Crippen LogP contribution is -2.18. The van der Waals surface area contributed by atoms with Gasteiger partial charge in [0.1, 0.15) is 6.54 Å². The Morgan fingerprint density at radius 3 is 2.60 bits per heavy atom. The number of aryl methyl sites for hydroxylation is 3. The summed E-state index contributed by atoms with van der Waals surface area (Å²) in [7, 11) is 0. The number of hydrogen-bond donors (Lipinski definition) is 1. The van der Waals surface area contributed by atoms with Crippen molar-refractivity contribution in [2.24, 2.45) is 0 Å². The van der Waals surface area contributed by atoms with Crippen LogP contribution >= 0.6 is 0 Å². The summed E-state index contributed by atoms with van der Waals surface area (Å²) in [6.07, 6.45) is 1.63. The molecule has 0 saturated heterocycles. The molecule has 0 fully saturated rings. The molecule has 0 bridgehead atoms. The smallest absolute Gasteiger partial charge is 0.274 e. The van der Waals surface area contributed by atoms with Crippen LogP contribution in [-0.2, 0) is 11.3 Å². The zero-order valence-electron chi connectivity index (χ0n) is 14.2. The van der Waals surface area contributed by atoms with E-state index in [0.717, 1.165) is 22.2 Å². The van der Waals surface area contributed by atoms with Crippen molar-refractivity contribution >= 4 is 28.3 Å². The molecule has 7 heteroatoms. The molecule has 0 unspecified atom stereocenters. The maximum Gasteiger partial charge on any atom is 0.274 e. The van der Waals surface area contributed by atoms with Gasteiger partial charge in [0.25, 0.3) is 5.69 Å². The lowest BCUT2D eigenvalue weighted by Gasteiger charge is -2.08. The zero-order valence-corrected chi connectivity index (χ0v) is 14.2. The molecule has 3 rings (SSSR count). The van der Waals surface area contributed by atoms with Gasteiger partial charge in [-0.25, -0.2) is 4.98 Å². The topological polar surface area (TPSA) is 90.1 Å². The van der Waals surface area contributed by atoms with E-state index in [4.69, 9.17) is 0 Å². The van der Waals surface area contributed by atoms with Gasteiger partial charge in [-0.1, -0.05) is 6.07 Å². The number of fused-ring (bicyclic) bond motifs is 1. The summed E-state index contributed by atoms with van der Waals surface area (Å²) in [5.41, 5.74) is 4.93. The average Bonchev–Trinajstić information content (AvgIpc) is 2.91. The second-order valence-electron chi connectivity index (χ2n) is 6.10. The highest BCUT2D eigenvalue weighted by Gasteiger charge is 2.13. The number of hydrogen-bond acceptors (Lipinski definition) is 4. The number of nitrogens with zero attached hydrogens (tertiary/aromatic N) is 3. The second kappa shape index (κ2) is 6.35. The van der Waals surface area contributed by atoms with Crippen LogP contribution in [0.3, 0.4) is 0 Å². The first-order valence-corrected chi connectivity index (χ1v) is 7.82. The molecule has 0 aliphatic rings. The number of carbonyl (C=O) groups excluding carboxylic acids is 1. The Bertz CT molecular complexity index is 991. The van der Waals surface area contributed by atoms with Gasteiger partial charge in [-0.15, -0.1) is 0 Å². The van der Waals surface area contributed by atoms with Crippen LogP contribution in [-0.4, -0.2) is 20.4 Å². The lowest BCUT2D eigenvalue weighted by atomic mass is 10.1. The molecular formula is C18H18N4O3. The van der Waals surface area contributed by atoms with Crippen molar-refractivity contribution in [2.75, 3.05) is 5.32 Å². The zero-order chi connectivity index (χ0) is 18.1. The Balaban J connectivity index is 1.80. The molecule has 0 spiro atoms. The molecule has 0 atom stereocenters. The van der Waals surface area contributed by atoms with Crippen LogP contribution in [0.5, 0.6) is 0 Å². The minimum atomic E-state index is -0.459. The number of nitro benzene ring substituents is 1. The summed E-state index contributed by atoms with van der Waals surface area (Å²) in [5.74, 6) is -0.268. The minimum Gasteiger partial charge on any atom is -0.324 e. The summed E-state index contributed by atoms with van der Waals surface area (Å²) in [6.45, 7) is 5.77. The normalized spacial score (nSPS) is 10.8. The number of nitrogens with one attached hydrogen (secondary N) is 1. The standard InChI is InChI=1S/C18H18N4O3/c1-11-4-5-14(8-16(11)22(24)25)20-18(23)9-21-10-19-15-6-12(2)13(3)7-17(15)21/h4-8,10H,9H2,1-3H3,(H,20,23). The largest absolute Gasteiger partial charge is 0.324 e. The maximum atomic E-state index is 12.3. The first kappa shape index (κ1) is 16.6. The van der Waals surface area contributed by atoms with Gasteiger partial charge in [-0.05, 0) is 50.1 Å². The highest BCUT2D eigenvalue weighted by Crippen LogP contribution is 2.23. The predicted octanol–water partition coefficient (Wildman–Crippen LogP) is 3.51. The third kappa shape index (κ3) is 3.35. The molecule has 25 heavy (non-hydrogen) atoms. The van der Waals surface area contributed by atoms with E-state index in [2.05, 4.69) is 10.3 Å². The molecule has 1 amide bonds. The molecule has 1 aromatic heterocycles. The first-order valence-electron chi connectivity index (χ1n) is 7.82. The number of carbonyl (C=O) groups is 1. The average molecular weight is 338 g/mol. The van der Waals surface area contributed by atoms with Crippen LogP contribution in [0, 0.1) is 30.9 Å². The second-order valence-corrected chi connectivity index (χ2v) is 6.10. The number of amides is 1. The number of anilines is 1. The Labute approximate surface area is 144 Å². The van der Waals surface area contributed by atoms with Crippen molar-refractivity contribution < 1.29 is 9.72 Å². The third-order valence-corrected chi connectivity index (χ3v) is 4.24. The Kier molecular flexibility index (Phi) is 4.22. The van der Waals surface area contributed by atoms with Gasteiger partial charge < -0.3 is 9.88 Å². The van der Waals surface area contributed by atoms with Crippen molar-refractivity contribution in [3.8, 4) is 0 Å². The number of imidazole rings is 1. The molecule has 2 aromatic carbocycles. The molecule has 128 valence electrons. The molecule has 7 nitrogen and oxygen atoms in total. The van der Waals surface area contributed by atoms with E-state index in [1.807, 2.05) is 26.0 Å². The van der Waals surface area contributed by atoms with Crippen LogP contribution in [0.25, 0.3) is 11.0 Å². The van der Waals surface area contributed by atoms with Gasteiger partial charge in [0.15, 0.2) is 0 Å². The van der Waals surface area contributed by atoms with Crippen molar-refractivity contribution in [1.82, 2.24) is 9.55 Å². The third-order valence-electron chi connectivity index (χ3n) is 4.24. The van der Waals surface area contributed by atoms with Gasteiger partial charge in [0.2, 0.25) is 5.91 Å². The van der Waals surface area contributed by atoms with E-state index >= 15 is 0 Å². The van der Waals surface area contributed by atoms with E-state index in [-0.39, 0.29) is 18.1 Å². The van der Waals surface area contributed by atoms with Gasteiger partial charge in [-0.3, -0.25) is 14.9 Å². The SMILES string of the molecule is Cc1cc2ncn(CC(=O)Nc3ccc(C)c([N+](=O)[O-])c3)c2cc1C. The molecule has 1 N–H and O–H groups in total. The minimum absolute atomic E-state index is 0.0167. The number of benzene rings is 2. The summed E-state index contributed by atoms with van der Waals surface area (Å²) in [5, 5.41) is 13.7. The van der Waals surface area contributed by atoms with Gasteiger partial charge in [0, 0.05) is 17.3 Å². The Morgan fingerprint density at radius 2 is 1.88 bits per heavy atom. The fraction of sp³-hybridized carbons (Fsp3) is 0.222. The summed E-state index contributed by atoms with van der Waals surface area (Å²) < 4.78 is 1.76. The first-order chi connectivity index (χ1) is 11.8. The van der Waals surface area contributed by atoms with Crippen molar-refractivity contribution in [3.63, 3.8) is 0 Å². The van der Waals surface area contributed by atoms with Crippen molar-refractivity contribution in [3.05, 3.63) is 63.5 Å². The van der Waals surface area contributed by atoms with E-state index in [9.17, 15) is 14.9 Å². The fourth-order valence-electron chi connectivity index (χ4n) is 2.68. The summed E-state index contributed by atoms with van der Waals surface area (Å²) in [6, 6.07) is 8.63.